The summed E-state index contributed by atoms with van der Waals surface area (Å²) in [6, 6.07) is 10.5. The van der Waals surface area contributed by atoms with E-state index >= 15 is 0 Å². The van der Waals surface area contributed by atoms with Gasteiger partial charge in [-0.2, -0.15) is 5.10 Å². The topological polar surface area (TPSA) is 98.8 Å². The number of nitrogen functional groups attached to an aromatic ring is 1. The monoisotopic (exact) mass is 464 g/mol. The number of anilines is 1. The zero-order chi connectivity index (χ0) is 21.7. The molecule has 0 aliphatic rings. The maximum atomic E-state index is 12.1. The van der Waals surface area contributed by atoms with Gasteiger partial charge in [-0.05, 0) is 42.8 Å². The van der Waals surface area contributed by atoms with Gasteiger partial charge < -0.3 is 15.2 Å². The first kappa shape index (κ1) is 21.9. The van der Waals surface area contributed by atoms with Crippen LogP contribution in [0.4, 0.5) is 5.13 Å². The zero-order valence-electron chi connectivity index (χ0n) is 16.1. The predicted molar refractivity (Wildman–Crippen MR) is 120 cm³/mol. The van der Waals surface area contributed by atoms with Crippen LogP contribution in [0.2, 0.25) is 10.0 Å². The smallest absolute Gasteiger partial charge is 0.283 e. The SMILES string of the molecule is COc1cc(C=NNC(=O)c2sc(N)nc2C)ccc1OCc1c(Cl)cccc1Cl. The molecule has 0 saturated heterocycles. The maximum absolute atomic E-state index is 12.1. The lowest BCUT2D eigenvalue weighted by Crippen LogP contribution is -2.17. The normalized spacial score (nSPS) is 10.9. The highest BCUT2D eigenvalue weighted by molar-refractivity contribution is 7.17. The first-order chi connectivity index (χ1) is 14.4. The minimum Gasteiger partial charge on any atom is -0.493 e. The second-order valence-corrected chi connectivity index (χ2v) is 7.91. The number of aryl methyl sites for hydroxylation is 1. The number of halogens is 2. The third kappa shape index (κ3) is 5.21. The van der Waals surface area contributed by atoms with Crippen molar-refractivity contribution >= 4 is 51.8 Å². The molecule has 1 heterocycles. The van der Waals surface area contributed by atoms with Gasteiger partial charge >= 0.3 is 0 Å². The summed E-state index contributed by atoms with van der Waals surface area (Å²) in [7, 11) is 1.53. The quantitative estimate of drug-likeness (QED) is 0.390. The average molecular weight is 465 g/mol. The number of hydrazone groups is 1. The van der Waals surface area contributed by atoms with E-state index in [2.05, 4.69) is 15.5 Å². The summed E-state index contributed by atoms with van der Waals surface area (Å²) in [6.07, 6.45) is 1.49. The summed E-state index contributed by atoms with van der Waals surface area (Å²) in [6.45, 7) is 1.90. The van der Waals surface area contributed by atoms with E-state index in [1.54, 1.807) is 43.3 Å². The lowest BCUT2D eigenvalue weighted by atomic mass is 10.2. The van der Waals surface area contributed by atoms with Crippen LogP contribution in [-0.4, -0.2) is 24.2 Å². The number of carbonyl (C=O) groups is 1. The third-order valence-electron chi connectivity index (χ3n) is 4.02. The van der Waals surface area contributed by atoms with E-state index in [0.29, 0.717) is 48.4 Å². The fourth-order valence-electron chi connectivity index (χ4n) is 2.55. The Bertz CT molecular complexity index is 1080. The first-order valence-corrected chi connectivity index (χ1v) is 10.3. The average Bonchev–Trinajstić information content (AvgIpc) is 3.06. The van der Waals surface area contributed by atoms with Crippen LogP contribution in [0.5, 0.6) is 11.5 Å². The summed E-state index contributed by atoms with van der Waals surface area (Å²) >= 11 is 13.5. The Kier molecular flexibility index (Phi) is 7.15. The highest BCUT2D eigenvalue weighted by Gasteiger charge is 2.13. The molecule has 0 saturated carbocycles. The van der Waals surface area contributed by atoms with Crippen molar-refractivity contribution in [2.24, 2.45) is 5.10 Å². The van der Waals surface area contributed by atoms with Gasteiger partial charge in [-0.25, -0.2) is 10.4 Å². The fourth-order valence-corrected chi connectivity index (χ4v) is 3.78. The lowest BCUT2D eigenvalue weighted by molar-refractivity contribution is 0.0958. The molecule has 0 bridgehead atoms. The van der Waals surface area contributed by atoms with Crippen molar-refractivity contribution in [2.75, 3.05) is 12.8 Å². The molecular weight excluding hydrogens is 447 g/mol. The fraction of sp³-hybridized carbons (Fsp3) is 0.150. The molecule has 3 aromatic rings. The number of aromatic nitrogens is 1. The molecule has 3 N–H and O–H groups in total. The van der Waals surface area contributed by atoms with Crippen molar-refractivity contribution in [3.05, 3.63) is 68.1 Å². The molecule has 0 unspecified atom stereocenters. The van der Waals surface area contributed by atoms with E-state index in [1.807, 2.05) is 0 Å². The number of amides is 1. The van der Waals surface area contributed by atoms with Crippen molar-refractivity contribution in [3.63, 3.8) is 0 Å². The number of benzene rings is 2. The first-order valence-electron chi connectivity index (χ1n) is 8.69. The van der Waals surface area contributed by atoms with Gasteiger partial charge in [0.25, 0.3) is 5.91 Å². The van der Waals surface area contributed by atoms with Crippen molar-refractivity contribution < 1.29 is 14.3 Å². The molecule has 0 spiro atoms. The molecule has 0 aliphatic heterocycles. The minimum absolute atomic E-state index is 0.190. The summed E-state index contributed by atoms with van der Waals surface area (Å²) in [5, 5.41) is 5.36. The molecule has 0 fully saturated rings. The number of thiazole rings is 1. The second-order valence-electron chi connectivity index (χ2n) is 6.06. The van der Waals surface area contributed by atoms with Crippen LogP contribution in [0.15, 0.2) is 41.5 Å². The largest absolute Gasteiger partial charge is 0.493 e. The summed E-state index contributed by atoms with van der Waals surface area (Å²) in [5.74, 6) is 0.645. The molecule has 1 aromatic heterocycles. The molecule has 156 valence electrons. The van der Waals surface area contributed by atoms with Crippen molar-refractivity contribution in [1.29, 1.82) is 0 Å². The standard InChI is InChI=1S/C20H18Cl2N4O3S/c1-11-18(30-20(23)25-11)19(27)26-24-9-12-6-7-16(17(8-12)28-2)29-10-13-14(21)4-3-5-15(13)22/h3-9H,10H2,1-2H3,(H2,23,25)(H,26,27). The Balaban J connectivity index is 1.67. The lowest BCUT2D eigenvalue weighted by Gasteiger charge is -2.13. The summed E-state index contributed by atoms with van der Waals surface area (Å²) in [5.41, 5.74) is 10.0. The van der Waals surface area contributed by atoms with Crippen LogP contribution < -0.4 is 20.6 Å². The van der Waals surface area contributed by atoms with E-state index in [1.165, 1.54) is 13.3 Å². The molecule has 7 nitrogen and oxygen atoms in total. The summed E-state index contributed by atoms with van der Waals surface area (Å²) in [4.78, 5) is 16.6. The Morgan fingerprint density at radius 2 is 2.00 bits per heavy atom. The van der Waals surface area contributed by atoms with Gasteiger partial charge in [-0.1, -0.05) is 40.6 Å². The van der Waals surface area contributed by atoms with Gasteiger partial charge in [-0.15, -0.1) is 0 Å². The molecule has 0 atom stereocenters. The molecule has 0 aliphatic carbocycles. The number of carbonyl (C=O) groups excluding carboxylic acids is 1. The van der Waals surface area contributed by atoms with Gasteiger partial charge in [0.1, 0.15) is 11.5 Å². The molecule has 10 heteroatoms. The van der Waals surface area contributed by atoms with Crippen LogP contribution in [0, 0.1) is 6.92 Å². The van der Waals surface area contributed by atoms with Gasteiger partial charge in [0.15, 0.2) is 16.6 Å². The number of nitrogens with two attached hydrogens (primary N) is 1. The van der Waals surface area contributed by atoms with Gasteiger partial charge in [-0.3, -0.25) is 4.79 Å². The number of hydrogen-bond acceptors (Lipinski definition) is 7. The summed E-state index contributed by atoms with van der Waals surface area (Å²) < 4.78 is 11.2. The number of nitrogens with zero attached hydrogens (tertiary/aromatic N) is 2. The van der Waals surface area contributed by atoms with Crippen molar-refractivity contribution in [3.8, 4) is 11.5 Å². The third-order valence-corrected chi connectivity index (χ3v) is 5.71. The Labute approximate surface area is 187 Å². The van der Waals surface area contributed by atoms with E-state index in [-0.39, 0.29) is 12.5 Å². The Morgan fingerprint density at radius 1 is 1.27 bits per heavy atom. The van der Waals surface area contributed by atoms with Gasteiger partial charge in [0, 0.05) is 15.6 Å². The van der Waals surface area contributed by atoms with Crippen molar-refractivity contribution in [2.45, 2.75) is 13.5 Å². The highest BCUT2D eigenvalue weighted by atomic mass is 35.5. The Morgan fingerprint density at radius 3 is 2.63 bits per heavy atom. The van der Waals surface area contributed by atoms with E-state index in [0.717, 1.165) is 11.3 Å². The number of rotatable bonds is 7. The number of ether oxygens (including phenoxy) is 2. The molecule has 1 amide bonds. The van der Waals surface area contributed by atoms with Gasteiger partial charge in [0.05, 0.1) is 19.0 Å². The molecular formula is C20H18Cl2N4O3S. The molecule has 3 rings (SSSR count). The number of methoxy groups -OCH3 is 1. The van der Waals surface area contributed by atoms with Crippen molar-refractivity contribution in [1.82, 2.24) is 10.4 Å². The van der Waals surface area contributed by atoms with Crippen LogP contribution in [0.3, 0.4) is 0 Å². The second kappa shape index (κ2) is 9.80. The Hall–Kier alpha value is -2.81. The minimum atomic E-state index is -0.374. The van der Waals surface area contributed by atoms with Gasteiger partial charge in [0.2, 0.25) is 0 Å². The number of nitrogens with one attached hydrogen (secondary N) is 1. The molecule has 2 aromatic carbocycles. The van der Waals surface area contributed by atoms with Crippen LogP contribution in [0.25, 0.3) is 0 Å². The van der Waals surface area contributed by atoms with Crippen LogP contribution in [-0.2, 0) is 6.61 Å². The molecule has 0 radical (unpaired) electrons. The van der Waals surface area contributed by atoms with E-state index in [4.69, 9.17) is 38.4 Å². The maximum Gasteiger partial charge on any atom is 0.283 e. The van der Waals surface area contributed by atoms with Crippen LogP contribution >= 0.6 is 34.5 Å². The van der Waals surface area contributed by atoms with Crippen LogP contribution in [0.1, 0.15) is 26.5 Å². The van der Waals surface area contributed by atoms with E-state index < -0.39 is 0 Å². The van der Waals surface area contributed by atoms with E-state index in [9.17, 15) is 4.79 Å². The zero-order valence-corrected chi connectivity index (χ0v) is 18.4. The number of hydrogen-bond donors (Lipinski definition) is 2. The highest BCUT2D eigenvalue weighted by Crippen LogP contribution is 2.31. The molecule has 30 heavy (non-hydrogen) atoms. The predicted octanol–water partition coefficient (Wildman–Crippen LogP) is 4.69.